The molecule has 1 saturated heterocycles. The van der Waals surface area contributed by atoms with E-state index in [2.05, 4.69) is 21.2 Å². The van der Waals surface area contributed by atoms with Crippen molar-refractivity contribution in [3.8, 4) is 0 Å². The van der Waals surface area contributed by atoms with Crippen LogP contribution >= 0.6 is 15.9 Å². The number of rotatable bonds is 3. The van der Waals surface area contributed by atoms with Crippen molar-refractivity contribution in [1.82, 2.24) is 10.2 Å². The maximum absolute atomic E-state index is 12.1. The summed E-state index contributed by atoms with van der Waals surface area (Å²) in [7, 11) is 0. The monoisotopic (exact) mass is 340 g/mol. The summed E-state index contributed by atoms with van der Waals surface area (Å²) in [5, 5.41) is 12.5. The Bertz CT molecular complexity index is 457. The topological polar surface area (TPSA) is 52.6 Å². The number of carbonyl (C=O) groups excluding carboxylic acids is 1. The molecule has 2 rings (SSSR count). The van der Waals surface area contributed by atoms with Crippen LogP contribution in [-0.2, 0) is 6.54 Å². The smallest absolute Gasteiger partial charge is 0.317 e. The van der Waals surface area contributed by atoms with Crippen molar-refractivity contribution in [1.29, 1.82) is 0 Å². The summed E-state index contributed by atoms with van der Waals surface area (Å²) in [6.45, 7) is 3.81. The van der Waals surface area contributed by atoms with Gasteiger partial charge in [0.15, 0.2) is 0 Å². The van der Waals surface area contributed by atoms with Gasteiger partial charge in [-0.05, 0) is 43.4 Å². The van der Waals surface area contributed by atoms with Crippen LogP contribution in [0.1, 0.15) is 25.3 Å². The van der Waals surface area contributed by atoms with Crippen molar-refractivity contribution in [3.05, 3.63) is 34.3 Å². The number of nitrogens with one attached hydrogen (secondary N) is 1. The van der Waals surface area contributed by atoms with Crippen molar-refractivity contribution in [2.45, 2.75) is 32.4 Å². The number of nitrogens with zero attached hydrogens (tertiary/aromatic N) is 1. The third-order valence-electron chi connectivity index (χ3n) is 3.84. The van der Waals surface area contributed by atoms with E-state index in [1.807, 2.05) is 36.1 Å². The molecular weight excluding hydrogens is 320 g/mol. The summed E-state index contributed by atoms with van der Waals surface area (Å²) in [5.74, 6) is 0.323. The van der Waals surface area contributed by atoms with Crippen LogP contribution < -0.4 is 5.32 Å². The Morgan fingerprint density at radius 2 is 2.20 bits per heavy atom. The number of likely N-dealkylation sites (tertiary alicyclic amines) is 1. The minimum atomic E-state index is -0.276. The molecule has 1 unspecified atom stereocenters. The Kier molecular flexibility index (Phi) is 5.43. The van der Waals surface area contributed by atoms with Gasteiger partial charge in [-0.1, -0.05) is 28.1 Å². The van der Waals surface area contributed by atoms with Gasteiger partial charge in [-0.15, -0.1) is 0 Å². The summed E-state index contributed by atoms with van der Waals surface area (Å²) in [5.41, 5.74) is 1.08. The molecule has 1 heterocycles. The van der Waals surface area contributed by atoms with Gasteiger partial charge in [-0.25, -0.2) is 4.79 Å². The molecule has 0 radical (unpaired) electrons. The highest BCUT2D eigenvalue weighted by Gasteiger charge is 2.25. The quantitative estimate of drug-likeness (QED) is 0.888. The first-order valence-corrected chi connectivity index (χ1v) is 7.81. The highest BCUT2D eigenvalue weighted by molar-refractivity contribution is 9.10. The molecule has 1 aliphatic heterocycles. The number of amides is 2. The molecule has 0 spiro atoms. The molecule has 4 nitrogen and oxygen atoms in total. The molecule has 0 aliphatic carbocycles. The van der Waals surface area contributed by atoms with Gasteiger partial charge in [0.25, 0.3) is 0 Å². The molecule has 20 heavy (non-hydrogen) atoms. The Labute approximate surface area is 128 Å². The molecule has 2 amide bonds. The maximum atomic E-state index is 12.1. The lowest BCUT2D eigenvalue weighted by molar-refractivity contribution is 0.0798. The van der Waals surface area contributed by atoms with Crippen molar-refractivity contribution >= 4 is 22.0 Å². The molecule has 2 N–H and O–H groups in total. The lowest BCUT2D eigenvalue weighted by atomic mass is 9.92. The fourth-order valence-corrected chi connectivity index (χ4v) is 2.97. The zero-order chi connectivity index (χ0) is 14.5. The van der Waals surface area contributed by atoms with E-state index in [1.54, 1.807) is 0 Å². The summed E-state index contributed by atoms with van der Waals surface area (Å²) in [6, 6.07) is 7.89. The summed E-state index contributed by atoms with van der Waals surface area (Å²) >= 11 is 3.42. The molecule has 1 aliphatic rings. The zero-order valence-electron chi connectivity index (χ0n) is 11.7. The molecule has 0 aromatic heterocycles. The van der Waals surface area contributed by atoms with Gasteiger partial charge in [0.1, 0.15) is 0 Å². The maximum Gasteiger partial charge on any atom is 0.317 e. The molecule has 0 saturated carbocycles. The number of carbonyl (C=O) groups is 1. The predicted octanol–water partition coefficient (Wildman–Crippen LogP) is 2.75. The van der Waals surface area contributed by atoms with Gasteiger partial charge in [0, 0.05) is 24.1 Å². The number of hydrogen-bond donors (Lipinski definition) is 2. The highest BCUT2D eigenvalue weighted by atomic mass is 79.9. The van der Waals surface area contributed by atoms with Gasteiger partial charge in [-0.2, -0.15) is 0 Å². The first-order valence-electron chi connectivity index (χ1n) is 7.01. The van der Waals surface area contributed by atoms with Gasteiger partial charge in [-0.3, -0.25) is 0 Å². The number of piperidine rings is 1. The number of hydrogen-bond acceptors (Lipinski definition) is 2. The van der Waals surface area contributed by atoms with Crippen LogP contribution in [0, 0.1) is 5.92 Å². The standard InChI is InChI=1S/C15H21BrN2O2/c1-11(19)13-5-7-18(8-6-13)15(20)17-10-12-3-2-4-14(16)9-12/h2-4,9,11,13,19H,5-8,10H2,1H3,(H,17,20). The molecule has 0 bridgehead atoms. The van der Waals surface area contributed by atoms with Gasteiger partial charge < -0.3 is 15.3 Å². The van der Waals surface area contributed by atoms with Crippen LogP contribution in [0.2, 0.25) is 0 Å². The summed E-state index contributed by atoms with van der Waals surface area (Å²) in [4.78, 5) is 13.9. The van der Waals surface area contributed by atoms with E-state index in [1.165, 1.54) is 0 Å². The van der Waals surface area contributed by atoms with Crippen molar-refractivity contribution < 1.29 is 9.90 Å². The van der Waals surface area contributed by atoms with Crippen LogP contribution in [0.4, 0.5) is 4.79 Å². The average molecular weight is 341 g/mol. The normalized spacial score (nSPS) is 17.9. The van der Waals surface area contributed by atoms with Crippen molar-refractivity contribution in [2.24, 2.45) is 5.92 Å². The number of urea groups is 1. The SMILES string of the molecule is CC(O)C1CCN(C(=O)NCc2cccc(Br)c2)CC1. The second kappa shape index (κ2) is 7.09. The second-order valence-electron chi connectivity index (χ2n) is 5.35. The number of halogens is 1. The Balaban J connectivity index is 1.78. The van der Waals surface area contributed by atoms with Crippen LogP contribution in [0.15, 0.2) is 28.7 Å². The number of benzene rings is 1. The Hall–Kier alpha value is -1.07. The lowest BCUT2D eigenvalue weighted by Crippen LogP contribution is -2.45. The van der Waals surface area contributed by atoms with Crippen molar-refractivity contribution in [2.75, 3.05) is 13.1 Å². The van der Waals surface area contributed by atoms with E-state index in [0.29, 0.717) is 12.5 Å². The molecule has 1 aromatic carbocycles. The third-order valence-corrected chi connectivity index (χ3v) is 4.34. The van der Waals surface area contributed by atoms with Gasteiger partial charge in [0.2, 0.25) is 0 Å². The summed E-state index contributed by atoms with van der Waals surface area (Å²) < 4.78 is 1.02. The number of aliphatic hydroxyl groups excluding tert-OH is 1. The minimum Gasteiger partial charge on any atom is -0.393 e. The molecule has 5 heteroatoms. The van der Waals surface area contributed by atoms with Gasteiger partial charge in [0.05, 0.1) is 6.10 Å². The summed E-state index contributed by atoms with van der Waals surface area (Å²) in [6.07, 6.45) is 1.48. The average Bonchev–Trinajstić information content (AvgIpc) is 2.45. The van der Waals surface area contributed by atoms with Crippen LogP contribution in [0.5, 0.6) is 0 Å². The highest BCUT2D eigenvalue weighted by Crippen LogP contribution is 2.20. The van der Waals surface area contributed by atoms with E-state index in [-0.39, 0.29) is 12.1 Å². The Morgan fingerprint density at radius 1 is 1.50 bits per heavy atom. The van der Waals surface area contributed by atoms with Crippen LogP contribution in [0.3, 0.4) is 0 Å². The largest absolute Gasteiger partial charge is 0.393 e. The fourth-order valence-electron chi connectivity index (χ4n) is 2.52. The predicted molar refractivity (Wildman–Crippen MR) is 82.4 cm³/mol. The van der Waals surface area contributed by atoms with E-state index in [4.69, 9.17) is 0 Å². The lowest BCUT2D eigenvalue weighted by Gasteiger charge is -2.33. The first kappa shape index (κ1) is 15.3. The van der Waals surface area contributed by atoms with E-state index in [9.17, 15) is 9.90 Å². The van der Waals surface area contributed by atoms with Crippen molar-refractivity contribution in [3.63, 3.8) is 0 Å². The van der Waals surface area contributed by atoms with Crippen LogP contribution in [-0.4, -0.2) is 35.2 Å². The Morgan fingerprint density at radius 3 is 2.80 bits per heavy atom. The molecule has 1 atom stereocenters. The van der Waals surface area contributed by atoms with Crippen LogP contribution in [0.25, 0.3) is 0 Å². The van der Waals surface area contributed by atoms with E-state index in [0.717, 1.165) is 36.0 Å². The van der Waals surface area contributed by atoms with E-state index < -0.39 is 0 Å². The molecular formula is C15H21BrN2O2. The minimum absolute atomic E-state index is 0.0194. The fraction of sp³-hybridized carbons (Fsp3) is 0.533. The van der Waals surface area contributed by atoms with E-state index >= 15 is 0 Å². The van der Waals surface area contributed by atoms with Gasteiger partial charge >= 0.3 is 6.03 Å². The number of aliphatic hydroxyl groups is 1. The molecule has 1 fully saturated rings. The first-order chi connectivity index (χ1) is 9.56. The zero-order valence-corrected chi connectivity index (χ0v) is 13.3. The molecule has 110 valence electrons. The molecule has 1 aromatic rings. The second-order valence-corrected chi connectivity index (χ2v) is 6.27. The third kappa shape index (κ3) is 4.21.